The molecule has 0 N–H and O–H groups in total. The third kappa shape index (κ3) is 4.84. The molecule has 0 bridgehead atoms. The van der Waals surface area contributed by atoms with Crippen molar-refractivity contribution in [2.24, 2.45) is 0 Å². The molecule has 2 aliphatic rings. The van der Waals surface area contributed by atoms with Gasteiger partial charge in [0.05, 0.1) is 0 Å². The van der Waals surface area contributed by atoms with Gasteiger partial charge in [0.25, 0.3) is 0 Å². The van der Waals surface area contributed by atoms with Crippen molar-refractivity contribution in [1.29, 1.82) is 0 Å². The molecule has 0 aromatic heterocycles. The van der Waals surface area contributed by atoms with Gasteiger partial charge in [-0.05, 0) is 0 Å². The second kappa shape index (κ2) is 8.17. The van der Waals surface area contributed by atoms with E-state index in [0.29, 0.717) is 0 Å². The fourth-order valence-electron chi connectivity index (χ4n) is 1.93. The molecule has 2 aliphatic carbocycles. The molecule has 0 nitrogen and oxygen atoms in total. The van der Waals surface area contributed by atoms with E-state index in [1.165, 1.54) is 16.3 Å². The molecule has 0 saturated heterocycles. The van der Waals surface area contributed by atoms with Crippen LogP contribution in [0.2, 0.25) is 13.1 Å². The molecule has 0 fully saturated rings. The maximum absolute atomic E-state index is 6.48. The normalized spacial score (nSPS) is 17.2. The summed E-state index contributed by atoms with van der Waals surface area (Å²) in [4.78, 5) is 0. The quantitative estimate of drug-likeness (QED) is 0.292. The zero-order chi connectivity index (χ0) is 10.2. The fraction of sp³-hybridized carbons (Fsp3) is 0.333. The molecule has 0 aliphatic heterocycles. The summed E-state index contributed by atoms with van der Waals surface area (Å²) in [5.74, 6) is 0. The minimum Gasteiger partial charge on any atom is -1.00 e. The zero-order valence-electron chi connectivity index (χ0n) is 9.86. The average molecular weight is 384 g/mol. The van der Waals surface area contributed by atoms with Crippen LogP contribution < -0.4 is 24.8 Å². The van der Waals surface area contributed by atoms with E-state index in [1.54, 1.807) is 0 Å². The van der Waals surface area contributed by atoms with Crippen LogP contribution >= 0.6 is 11.1 Å². The van der Waals surface area contributed by atoms with E-state index in [-0.39, 0.29) is 51.0 Å². The molecule has 5 heteroatoms. The smallest absolute Gasteiger partial charge is 1.00 e. The van der Waals surface area contributed by atoms with Crippen molar-refractivity contribution in [2.45, 2.75) is 25.9 Å². The maximum atomic E-state index is 6.48. The van der Waals surface area contributed by atoms with Crippen LogP contribution in [0.3, 0.4) is 0 Å². The van der Waals surface area contributed by atoms with E-state index >= 15 is 0 Å². The van der Waals surface area contributed by atoms with Gasteiger partial charge in [0.1, 0.15) is 0 Å². The molecule has 0 heterocycles. The van der Waals surface area contributed by atoms with Crippen molar-refractivity contribution in [3.63, 3.8) is 0 Å². The number of halogens is 3. The number of hydrogen-bond donors (Lipinski definition) is 0. The zero-order valence-corrected chi connectivity index (χ0v) is 15.6. The molecule has 0 saturated carbocycles. The van der Waals surface area contributed by atoms with Crippen molar-refractivity contribution < 1.29 is 51.0 Å². The first kappa shape index (κ1) is 20.3. The molecule has 0 unspecified atom stereocenters. The Morgan fingerprint density at radius 1 is 1.18 bits per heavy atom. The Balaban J connectivity index is 0. The molecule has 1 radical (unpaired) electrons. The summed E-state index contributed by atoms with van der Waals surface area (Å²) in [6.45, 7) is 4.36. The largest absolute Gasteiger partial charge is 3.00 e. The Labute approximate surface area is 141 Å². The fourth-order valence-corrected chi connectivity index (χ4v) is 3.93. The molecular weight excluding hydrogens is 370 g/mol. The maximum Gasteiger partial charge on any atom is 3.00 e. The van der Waals surface area contributed by atoms with Crippen molar-refractivity contribution in [3.8, 4) is 0 Å². The van der Waals surface area contributed by atoms with Gasteiger partial charge < -0.3 is 24.8 Å². The minimum atomic E-state index is -1.68. The van der Waals surface area contributed by atoms with Crippen LogP contribution in [-0.2, 0) is 26.2 Å². The Morgan fingerprint density at radius 2 is 1.82 bits per heavy atom. The van der Waals surface area contributed by atoms with E-state index in [4.69, 9.17) is 11.1 Å². The molecular formula is C12H14Cl3SiZr. The molecule has 2 rings (SSSR count). The molecule has 91 valence electrons. The Hall–Kier alpha value is 0.930. The van der Waals surface area contributed by atoms with E-state index in [2.05, 4.69) is 43.5 Å². The third-order valence-corrected chi connectivity index (χ3v) is 4.95. The van der Waals surface area contributed by atoms with Crippen molar-refractivity contribution >= 4 is 18.5 Å². The van der Waals surface area contributed by atoms with Crippen molar-refractivity contribution in [1.82, 2.24) is 0 Å². The number of hydrogen-bond acceptors (Lipinski definition) is 0. The van der Waals surface area contributed by atoms with Crippen LogP contribution in [-0.4, -0.2) is 7.38 Å². The van der Waals surface area contributed by atoms with Gasteiger partial charge >= 0.3 is 26.2 Å². The van der Waals surface area contributed by atoms with Crippen LogP contribution in [0.25, 0.3) is 0 Å². The van der Waals surface area contributed by atoms with Gasteiger partial charge in [0.2, 0.25) is 0 Å². The van der Waals surface area contributed by atoms with Gasteiger partial charge in [-0.25, -0.2) is 0 Å². The summed E-state index contributed by atoms with van der Waals surface area (Å²) in [5, 5.41) is 1.38. The molecule has 0 spiro atoms. The average Bonchev–Trinajstić information content (AvgIpc) is 2.73. The SMILES string of the molecule is C[Si](C)(Cl)C1=C(C2=[C-]CC=C2)CC=C1.[Cl-].[Cl-].[Zr+3]. The number of rotatable bonds is 2. The van der Waals surface area contributed by atoms with Crippen LogP contribution in [0.15, 0.2) is 40.6 Å². The van der Waals surface area contributed by atoms with E-state index < -0.39 is 7.38 Å². The monoisotopic (exact) mass is 381 g/mol. The number of allylic oxidation sites excluding steroid dienone is 8. The molecule has 0 aromatic carbocycles. The van der Waals surface area contributed by atoms with Crippen molar-refractivity contribution in [2.75, 3.05) is 0 Å². The Kier molecular flexibility index (Phi) is 9.73. The van der Waals surface area contributed by atoms with Gasteiger partial charge in [-0.1, -0.05) is 43.3 Å². The van der Waals surface area contributed by atoms with Gasteiger partial charge in [0, 0.05) is 0 Å². The third-order valence-electron chi connectivity index (χ3n) is 2.59. The van der Waals surface area contributed by atoms with Crippen molar-refractivity contribution in [3.05, 3.63) is 46.7 Å². The standard InChI is InChI=1S/C12H14ClSi.2ClH.Zr/c1-14(2,13)12-9-5-8-11(12)10-6-3-4-7-10;;;/h3,5-6,9H,4,8H2,1-2H3;2*1H;/q-1;;;+3/p-2. The Bertz CT molecular complexity index is 376. The summed E-state index contributed by atoms with van der Waals surface area (Å²) in [5.41, 5.74) is 2.68. The molecule has 0 amide bonds. The predicted molar refractivity (Wildman–Crippen MR) is 64.6 cm³/mol. The van der Waals surface area contributed by atoms with Crippen LogP contribution in [0, 0.1) is 6.08 Å². The summed E-state index contributed by atoms with van der Waals surface area (Å²) in [6, 6.07) is 0. The van der Waals surface area contributed by atoms with Crippen LogP contribution in [0.1, 0.15) is 12.8 Å². The summed E-state index contributed by atoms with van der Waals surface area (Å²) in [6.07, 6.45) is 14.1. The summed E-state index contributed by atoms with van der Waals surface area (Å²) < 4.78 is 0. The molecule has 0 aromatic rings. The summed E-state index contributed by atoms with van der Waals surface area (Å²) in [7, 11) is -1.68. The molecule has 0 atom stereocenters. The van der Waals surface area contributed by atoms with Gasteiger partial charge in [-0.15, -0.1) is 11.6 Å². The second-order valence-corrected chi connectivity index (χ2v) is 10.5. The first-order valence-corrected chi connectivity index (χ1v) is 8.97. The second-order valence-electron chi connectivity index (χ2n) is 4.17. The molecule has 17 heavy (non-hydrogen) atoms. The topological polar surface area (TPSA) is 0 Å². The van der Waals surface area contributed by atoms with Gasteiger partial charge in [-0.3, -0.25) is 0 Å². The van der Waals surface area contributed by atoms with Gasteiger partial charge in [0.15, 0.2) is 7.38 Å². The van der Waals surface area contributed by atoms with E-state index in [0.717, 1.165) is 12.8 Å². The first-order chi connectivity index (χ1) is 6.59. The van der Waals surface area contributed by atoms with E-state index in [1.807, 2.05) is 0 Å². The first-order valence-electron chi connectivity index (χ1n) is 4.96. The Morgan fingerprint density at radius 3 is 2.29 bits per heavy atom. The van der Waals surface area contributed by atoms with Gasteiger partial charge in [-0.2, -0.15) is 28.8 Å². The van der Waals surface area contributed by atoms with E-state index in [9.17, 15) is 0 Å². The van der Waals surface area contributed by atoms with Crippen LogP contribution in [0.4, 0.5) is 0 Å². The minimum absolute atomic E-state index is 0. The van der Waals surface area contributed by atoms with Crippen LogP contribution in [0.5, 0.6) is 0 Å². The predicted octanol–water partition coefficient (Wildman–Crippen LogP) is -2.08. The summed E-state index contributed by atoms with van der Waals surface area (Å²) >= 11 is 6.48.